The Bertz CT molecular complexity index is 947. The van der Waals surface area contributed by atoms with Crippen LogP contribution in [0.15, 0.2) is 53.3 Å². The molecule has 3 aromatic rings. The van der Waals surface area contributed by atoms with Gasteiger partial charge in [0.2, 0.25) is 0 Å². The van der Waals surface area contributed by atoms with Crippen LogP contribution in [-0.2, 0) is 7.05 Å². The van der Waals surface area contributed by atoms with Gasteiger partial charge in [-0.3, -0.25) is 4.79 Å². The molecule has 6 nitrogen and oxygen atoms in total. The molecule has 1 aromatic heterocycles. The molecule has 116 valence electrons. The van der Waals surface area contributed by atoms with E-state index in [0.29, 0.717) is 5.75 Å². The highest BCUT2D eigenvalue weighted by Crippen LogP contribution is 2.25. The van der Waals surface area contributed by atoms with Crippen LogP contribution in [0.2, 0.25) is 0 Å². The normalized spacial score (nSPS) is 10.5. The summed E-state index contributed by atoms with van der Waals surface area (Å²) in [7, 11) is 3.07. The number of methoxy groups -OCH3 is 1. The lowest BCUT2D eigenvalue weighted by molar-refractivity contribution is 0.0726. The first-order valence-corrected chi connectivity index (χ1v) is 6.91. The van der Waals surface area contributed by atoms with E-state index < -0.39 is 5.97 Å². The average Bonchev–Trinajstić information content (AvgIpc) is 2.56. The molecule has 0 saturated carbocycles. The number of esters is 1. The third kappa shape index (κ3) is 3.06. The van der Waals surface area contributed by atoms with Crippen LogP contribution in [0.4, 0.5) is 0 Å². The first-order valence-electron chi connectivity index (χ1n) is 6.91. The van der Waals surface area contributed by atoms with Gasteiger partial charge in [0.15, 0.2) is 5.69 Å². The van der Waals surface area contributed by atoms with Crippen molar-refractivity contribution in [3.05, 3.63) is 64.6 Å². The average molecular weight is 310 g/mol. The largest absolute Gasteiger partial charge is 0.497 e. The number of nitrogens with zero attached hydrogens (tertiary/aromatic N) is 2. The van der Waals surface area contributed by atoms with Crippen molar-refractivity contribution < 1.29 is 14.3 Å². The van der Waals surface area contributed by atoms with Crippen LogP contribution in [-0.4, -0.2) is 22.9 Å². The summed E-state index contributed by atoms with van der Waals surface area (Å²) in [5.74, 6) is 0.495. The molecule has 2 aromatic carbocycles. The van der Waals surface area contributed by atoms with E-state index in [1.54, 1.807) is 19.2 Å². The fourth-order valence-electron chi connectivity index (χ4n) is 2.16. The van der Waals surface area contributed by atoms with Crippen LogP contribution in [0.25, 0.3) is 10.8 Å². The molecule has 0 amide bonds. The summed E-state index contributed by atoms with van der Waals surface area (Å²) >= 11 is 0. The molecule has 0 aliphatic heterocycles. The van der Waals surface area contributed by atoms with E-state index in [-0.39, 0.29) is 11.3 Å². The Balaban J connectivity index is 1.89. The van der Waals surface area contributed by atoms with Crippen molar-refractivity contribution in [3.8, 4) is 11.5 Å². The maximum absolute atomic E-state index is 12.1. The van der Waals surface area contributed by atoms with Crippen LogP contribution in [0, 0.1) is 0 Å². The van der Waals surface area contributed by atoms with Gasteiger partial charge in [-0.25, -0.2) is 9.48 Å². The smallest absolute Gasteiger partial charge is 0.364 e. The fourth-order valence-corrected chi connectivity index (χ4v) is 2.16. The molecule has 23 heavy (non-hydrogen) atoms. The molecule has 6 heteroatoms. The third-order valence-corrected chi connectivity index (χ3v) is 3.40. The second-order valence-electron chi connectivity index (χ2n) is 4.94. The van der Waals surface area contributed by atoms with E-state index in [1.807, 2.05) is 24.3 Å². The van der Waals surface area contributed by atoms with Gasteiger partial charge in [-0.05, 0) is 41.1 Å². The van der Waals surface area contributed by atoms with Crippen LogP contribution >= 0.6 is 0 Å². The summed E-state index contributed by atoms with van der Waals surface area (Å²) in [6.45, 7) is 0. The second-order valence-corrected chi connectivity index (χ2v) is 4.94. The summed E-state index contributed by atoms with van der Waals surface area (Å²) < 4.78 is 11.6. The maximum Gasteiger partial charge on any atom is 0.364 e. The Labute approximate surface area is 131 Å². The molecule has 0 atom stereocenters. The topological polar surface area (TPSA) is 70.4 Å². The zero-order valence-corrected chi connectivity index (χ0v) is 12.6. The van der Waals surface area contributed by atoms with Crippen molar-refractivity contribution in [1.82, 2.24) is 9.78 Å². The number of aromatic nitrogens is 2. The summed E-state index contributed by atoms with van der Waals surface area (Å²) in [6.07, 6.45) is 0. The number of hydrogen-bond donors (Lipinski definition) is 0. The molecule has 0 aliphatic rings. The van der Waals surface area contributed by atoms with Gasteiger partial charge in [0.25, 0.3) is 5.56 Å². The number of aryl methyl sites for hydroxylation is 1. The minimum atomic E-state index is -0.622. The Morgan fingerprint density at radius 2 is 1.70 bits per heavy atom. The number of carbonyl (C=O) groups is 1. The number of fused-ring (bicyclic) bond motifs is 1. The van der Waals surface area contributed by atoms with Crippen LogP contribution in [0.3, 0.4) is 0 Å². The molecular weight excluding hydrogens is 296 g/mol. The Morgan fingerprint density at radius 3 is 2.39 bits per heavy atom. The van der Waals surface area contributed by atoms with Gasteiger partial charge < -0.3 is 9.47 Å². The molecule has 3 rings (SSSR count). The van der Waals surface area contributed by atoms with Crippen molar-refractivity contribution in [2.45, 2.75) is 0 Å². The molecule has 0 spiro atoms. The quantitative estimate of drug-likeness (QED) is 0.547. The lowest BCUT2D eigenvalue weighted by atomic mass is 10.1. The number of ether oxygens (including phenoxy) is 2. The number of benzene rings is 2. The lowest BCUT2D eigenvalue weighted by Gasteiger charge is -2.07. The van der Waals surface area contributed by atoms with Gasteiger partial charge in [-0.2, -0.15) is 5.10 Å². The van der Waals surface area contributed by atoms with Gasteiger partial charge in [-0.15, -0.1) is 0 Å². The van der Waals surface area contributed by atoms with Crippen LogP contribution in [0.5, 0.6) is 11.5 Å². The van der Waals surface area contributed by atoms with Crippen molar-refractivity contribution in [1.29, 1.82) is 0 Å². The summed E-state index contributed by atoms with van der Waals surface area (Å²) in [5, 5.41) is 5.77. The minimum Gasteiger partial charge on any atom is -0.497 e. The predicted molar refractivity (Wildman–Crippen MR) is 84.9 cm³/mol. The van der Waals surface area contributed by atoms with E-state index in [2.05, 4.69) is 5.10 Å². The zero-order chi connectivity index (χ0) is 16.4. The van der Waals surface area contributed by atoms with E-state index in [4.69, 9.17) is 9.47 Å². The molecule has 0 aliphatic carbocycles. The van der Waals surface area contributed by atoms with Gasteiger partial charge in [0.05, 0.1) is 7.11 Å². The first-order chi connectivity index (χ1) is 11.1. The van der Waals surface area contributed by atoms with E-state index in [1.165, 1.54) is 19.2 Å². The van der Waals surface area contributed by atoms with Crippen LogP contribution < -0.4 is 15.0 Å². The van der Waals surface area contributed by atoms with Crippen molar-refractivity contribution in [2.75, 3.05) is 7.11 Å². The number of rotatable bonds is 3. The molecule has 0 N–H and O–H groups in total. The van der Waals surface area contributed by atoms with Gasteiger partial charge >= 0.3 is 5.97 Å². The summed E-state index contributed by atoms with van der Waals surface area (Å²) in [6, 6.07) is 13.6. The van der Waals surface area contributed by atoms with Crippen molar-refractivity contribution >= 4 is 16.7 Å². The monoisotopic (exact) mass is 310 g/mol. The molecular formula is C17H14N2O4. The Hall–Kier alpha value is -3.15. The van der Waals surface area contributed by atoms with Gasteiger partial charge in [0, 0.05) is 13.1 Å². The standard InChI is InChI=1S/C17H14N2O4/c1-19-16(20)8-7-15(18-19)17(21)23-14-6-4-11-3-5-13(22-2)9-12(11)10-14/h3-10H,1-2H3. The molecule has 0 radical (unpaired) electrons. The third-order valence-electron chi connectivity index (χ3n) is 3.40. The summed E-state index contributed by atoms with van der Waals surface area (Å²) in [4.78, 5) is 23.4. The van der Waals surface area contributed by atoms with Crippen molar-refractivity contribution in [2.24, 2.45) is 7.05 Å². The van der Waals surface area contributed by atoms with Gasteiger partial charge in [-0.1, -0.05) is 12.1 Å². The Kier molecular flexibility index (Phi) is 3.80. The summed E-state index contributed by atoms with van der Waals surface area (Å²) in [5.41, 5.74) is -0.225. The highest BCUT2D eigenvalue weighted by Gasteiger charge is 2.12. The second kappa shape index (κ2) is 5.92. The lowest BCUT2D eigenvalue weighted by Crippen LogP contribution is -2.22. The van der Waals surface area contributed by atoms with Crippen LogP contribution in [0.1, 0.15) is 10.5 Å². The SMILES string of the molecule is COc1ccc2ccc(OC(=O)c3ccc(=O)n(C)n3)cc2c1. The predicted octanol–water partition coefficient (Wildman–Crippen LogP) is 2.16. The van der Waals surface area contributed by atoms with E-state index in [0.717, 1.165) is 21.2 Å². The molecule has 1 heterocycles. The van der Waals surface area contributed by atoms with E-state index in [9.17, 15) is 9.59 Å². The molecule has 0 bridgehead atoms. The molecule has 0 fully saturated rings. The fraction of sp³-hybridized carbons (Fsp3) is 0.118. The maximum atomic E-state index is 12.1. The zero-order valence-electron chi connectivity index (χ0n) is 12.6. The van der Waals surface area contributed by atoms with E-state index >= 15 is 0 Å². The van der Waals surface area contributed by atoms with Gasteiger partial charge in [0.1, 0.15) is 11.5 Å². The molecule has 0 unspecified atom stereocenters. The highest BCUT2D eigenvalue weighted by atomic mass is 16.5. The number of carbonyl (C=O) groups excluding carboxylic acids is 1. The highest BCUT2D eigenvalue weighted by molar-refractivity contribution is 5.90. The molecule has 0 saturated heterocycles. The first kappa shape index (κ1) is 14.8. The minimum absolute atomic E-state index is 0.0674. The van der Waals surface area contributed by atoms with Crippen molar-refractivity contribution in [3.63, 3.8) is 0 Å². The number of hydrogen-bond acceptors (Lipinski definition) is 5. The Morgan fingerprint density at radius 1 is 1.00 bits per heavy atom.